The third-order valence-corrected chi connectivity index (χ3v) is 2.78. The van der Waals surface area contributed by atoms with Gasteiger partial charge in [-0.05, 0) is 13.0 Å². The highest BCUT2D eigenvalue weighted by Gasteiger charge is 2.03. The molecule has 0 aliphatic heterocycles. The van der Waals surface area contributed by atoms with Crippen LogP contribution in [0.5, 0.6) is 0 Å². The minimum atomic E-state index is 0.166. The number of nitrogens with zero attached hydrogens (tertiary/aromatic N) is 1. The highest BCUT2D eigenvalue weighted by atomic mass is 32.1. The lowest BCUT2D eigenvalue weighted by atomic mass is 10.2. The molecule has 0 saturated heterocycles. The molecule has 80 valence electrons. The summed E-state index contributed by atoms with van der Waals surface area (Å²) in [7, 11) is 1.69. The predicted octanol–water partition coefficient (Wildman–Crippen LogP) is 0.596. The van der Waals surface area contributed by atoms with E-state index in [1.807, 2.05) is 11.6 Å². The molecule has 1 rings (SSSR count). The van der Waals surface area contributed by atoms with Gasteiger partial charge in [0.1, 0.15) is 5.01 Å². The monoisotopic (exact) mass is 215 g/mol. The van der Waals surface area contributed by atoms with Crippen LogP contribution in [0.15, 0.2) is 11.6 Å². The molecule has 0 aliphatic carbocycles. The first kappa shape index (κ1) is 11.6. The maximum absolute atomic E-state index is 5.50. The van der Waals surface area contributed by atoms with Crippen molar-refractivity contribution >= 4 is 11.3 Å². The third kappa shape index (κ3) is 4.15. The van der Waals surface area contributed by atoms with Gasteiger partial charge in [-0.25, -0.2) is 4.98 Å². The first-order valence-corrected chi connectivity index (χ1v) is 5.56. The van der Waals surface area contributed by atoms with Crippen LogP contribution in [0.2, 0.25) is 0 Å². The van der Waals surface area contributed by atoms with E-state index in [2.05, 4.69) is 10.3 Å². The van der Waals surface area contributed by atoms with Gasteiger partial charge in [0.2, 0.25) is 0 Å². The molecule has 1 heterocycles. The van der Waals surface area contributed by atoms with Crippen molar-refractivity contribution in [2.24, 2.45) is 5.73 Å². The number of hydrogen-bond acceptors (Lipinski definition) is 5. The van der Waals surface area contributed by atoms with Crippen molar-refractivity contribution in [2.45, 2.75) is 19.1 Å². The molecule has 0 saturated carbocycles. The fourth-order valence-electron chi connectivity index (χ4n) is 1.13. The van der Waals surface area contributed by atoms with E-state index < -0.39 is 0 Å². The number of hydrogen-bond donors (Lipinski definition) is 2. The second-order valence-electron chi connectivity index (χ2n) is 2.98. The van der Waals surface area contributed by atoms with Gasteiger partial charge in [-0.2, -0.15) is 0 Å². The Morgan fingerprint density at radius 2 is 2.57 bits per heavy atom. The molecule has 0 fully saturated rings. The maximum Gasteiger partial charge on any atom is 0.106 e. The van der Waals surface area contributed by atoms with Crippen molar-refractivity contribution in [3.63, 3.8) is 0 Å². The van der Waals surface area contributed by atoms with Crippen molar-refractivity contribution in [1.82, 2.24) is 10.3 Å². The lowest BCUT2D eigenvalue weighted by Crippen LogP contribution is -2.27. The summed E-state index contributed by atoms with van der Waals surface area (Å²) in [6.07, 6.45) is 2.93. The zero-order valence-electron chi connectivity index (χ0n) is 8.40. The number of nitrogens with one attached hydrogen (secondary N) is 1. The van der Waals surface area contributed by atoms with Crippen LogP contribution >= 0.6 is 11.3 Å². The standard InChI is InChI=1S/C9H17N3OS/c1-13-8(6-10)2-3-11-7-9-12-4-5-14-9/h4-5,8,11H,2-3,6-7,10H2,1H3. The van der Waals surface area contributed by atoms with E-state index >= 15 is 0 Å². The van der Waals surface area contributed by atoms with Gasteiger partial charge in [0, 0.05) is 31.8 Å². The van der Waals surface area contributed by atoms with Crippen molar-refractivity contribution in [1.29, 1.82) is 0 Å². The van der Waals surface area contributed by atoms with Gasteiger partial charge in [-0.15, -0.1) is 11.3 Å². The molecule has 0 aliphatic rings. The molecule has 0 amide bonds. The first-order chi connectivity index (χ1) is 6.86. The fourth-order valence-corrected chi connectivity index (χ4v) is 1.72. The van der Waals surface area contributed by atoms with E-state index in [0.29, 0.717) is 6.54 Å². The summed E-state index contributed by atoms with van der Waals surface area (Å²) in [5.74, 6) is 0. The van der Waals surface area contributed by atoms with E-state index in [-0.39, 0.29) is 6.10 Å². The van der Waals surface area contributed by atoms with Gasteiger partial charge in [0.15, 0.2) is 0 Å². The van der Waals surface area contributed by atoms with Gasteiger partial charge in [0.05, 0.1) is 6.10 Å². The molecule has 0 spiro atoms. The second kappa shape index (κ2) is 6.89. The molecular formula is C9H17N3OS. The molecule has 5 heteroatoms. The molecule has 14 heavy (non-hydrogen) atoms. The molecule has 4 nitrogen and oxygen atoms in total. The summed E-state index contributed by atoms with van der Waals surface area (Å²) in [4.78, 5) is 4.17. The summed E-state index contributed by atoms with van der Waals surface area (Å²) < 4.78 is 5.16. The van der Waals surface area contributed by atoms with Gasteiger partial charge < -0.3 is 15.8 Å². The second-order valence-corrected chi connectivity index (χ2v) is 3.96. The largest absolute Gasteiger partial charge is 0.380 e. The molecular weight excluding hydrogens is 198 g/mol. The molecule has 1 unspecified atom stereocenters. The summed E-state index contributed by atoms with van der Waals surface area (Å²) in [5, 5.41) is 6.40. The zero-order chi connectivity index (χ0) is 10.2. The van der Waals surface area contributed by atoms with E-state index in [4.69, 9.17) is 10.5 Å². The lowest BCUT2D eigenvalue weighted by Gasteiger charge is -2.12. The van der Waals surface area contributed by atoms with Crippen LogP contribution in [-0.2, 0) is 11.3 Å². The van der Waals surface area contributed by atoms with Gasteiger partial charge in [0.25, 0.3) is 0 Å². The Morgan fingerprint density at radius 1 is 1.71 bits per heavy atom. The number of aromatic nitrogens is 1. The molecule has 0 bridgehead atoms. The topological polar surface area (TPSA) is 60.2 Å². The Morgan fingerprint density at radius 3 is 3.14 bits per heavy atom. The van der Waals surface area contributed by atoms with Crippen molar-refractivity contribution in [3.8, 4) is 0 Å². The van der Waals surface area contributed by atoms with Gasteiger partial charge >= 0.3 is 0 Å². The lowest BCUT2D eigenvalue weighted by molar-refractivity contribution is 0.102. The average Bonchev–Trinajstić information content (AvgIpc) is 2.71. The Kier molecular flexibility index (Phi) is 5.70. The normalized spacial score (nSPS) is 13.0. The molecule has 1 atom stereocenters. The molecule has 1 aromatic heterocycles. The Bertz CT molecular complexity index is 224. The third-order valence-electron chi connectivity index (χ3n) is 2.00. The number of thiazole rings is 1. The summed E-state index contributed by atoms with van der Waals surface area (Å²) >= 11 is 1.66. The van der Waals surface area contributed by atoms with Crippen molar-refractivity contribution < 1.29 is 4.74 Å². The van der Waals surface area contributed by atoms with Crippen LogP contribution < -0.4 is 11.1 Å². The quantitative estimate of drug-likeness (QED) is 0.654. The number of rotatable bonds is 7. The van der Waals surface area contributed by atoms with Crippen molar-refractivity contribution in [3.05, 3.63) is 16.6 Å². The Hall–Kier alpha value is -0.490. The number of ether oxygens (including phenoxy) is 1. The van der Waals surface area contributed by atoms with Crippen LogP contribution in [0.25, 0.3) is 0 Å². The van der Waals surface area contributed by atoms with Crippen LogP contribution in [0.4, 0.5) is 0 Å². The fraction of sp³-hybridized carbons (Fsp3) is 0.667. The highest BCUT2D eigenvalue weighted by Crippen LogP contribution is 2.02. The maximum atomic E-state index is 5.50. The molecule has 3 N–H and O–H groups in total. The van der Waals surface area contributed by atoms with Crippen LogP contribution in [-0.4, -0.2) is 31.3 Å². The molecule has 1 aromatic rings. The van der Waals surface area contributed by atoms with Crippen LogP contribution in [0.3, 0.4) is 0 Å². The smallest absolute Gasteiger partial charge is 0.106 e. The number of methoxy groups -OCH3 is 1. The zero-order valence-corrected chi connectivity index (χ0v) is 9.22. The van der Waals surface area contributed by atoms with E-state index in [1.165, 1.54) is 0 Å². The predicted molar refractivity (Wildman–Crippen MR) is 58.3 cm³/mol. The molecule has 0 aromatic carbocycles. The van der Waals surface area contributed by atoms with Gasteiger partial charge in [-0.3, -0.25) is 0 Å². The highest BCUT2D eigenvalue weighted by molar-refractivity contribution is 7.09. The van der Waals surface area contributed by atoms with Crippen LogP contribution in [0, 0.1) is 0 Å². The average molecular weight is 215 g/mol. The Balaban J connectivity index is 2.04. The summed E-state index contributed by atoms with van der Waals surface area (Å²) in [5.41, 5.74) is 5.50. The van der Waals surface area contributed by atoms with Crippen molar-refractivity contribution in [2.75, 3.05) is 20.2 Å². The molecule has 0 radical (unpaired) electrons. The summed E-state index contributed by atoms with van der Waals surface area (Å²) in [6.45, 7) is 2.32. The van der Waals surface area contributed by atoms with E-state index in [1.54, 1.807) is 18.4 Å². The van der Waals surface area contributed by atoms with Crippen LogP contribution in [0.1, 0.15) is 11.4 Å². The first-order valence-electron chi connectivity index (χ1n) is 4.68. The summed E-state index contributed by atoms with van der Waals surface area (Å²) in [6, 6.07) is 0. The van der Waals surface area contributed by atoms with E-state index in [9.17, 15) is 0 Å². The van der Waals surface area contributed by atoms with E-state index in [0.717, 1.165) is 24.5 Å². The minimum absolute atomic E-state index is 0.166. The Labute approximate surface area is 88.5 Å². The SMILES string of the molecule is COC(CN)CCNCc1nccs1. The van der Waals surface area contributed by atoms with Gasteiger partial charge in [-0.1, -0.05) is 0 Å². The minimum Gasteiger partial charge on any atom is -0.380 e. The number of nitrogens with two attached hydrogens (primary N) is 1.